The third-order valence-electron chi connectivity index (χ3n) is 3.66. The van der Waals surface area contributed by atoms with Gasteiger partial charge < -0.3 is 10.1 Å². The highest BCUT2D eigenvalue weighted by atomic mass is 19.1. The molecule has 0 saturated carbocycles. The second-order valence-electron chi connectivity index (χ2n) is 5.31. The summed E-state index contributed by atoms with van der Waals surface area (Å²) in [5.41, 5.74) is 1.10. The van der Waals surface area contributed by atoms with Gasteiger partial charge >= 0.3 is 0 Å². The SMILES string of the molecule is CCCCC1CC(NCCC)c2ccc(F)cc2O1. The third-order valence-corrected chi connectivity index (χ3v) is 3.66. The largest absolute Gasteiger partial charge is 0.490 e. The zero-order valence-electron chi connectivity index (χ0n) is 11.9. The first kappa shape index (κ1) is 14.3. The van der Waals surface area contributed by atoms with E-state index in [1.165, 1.54) is 18.6 Å². The van der Waals surface area contributed by atoms with E-state index in [0.29, 0.717) is 6.04 Å². The van der Waals surface area contributed by atoms with Crippen LogP contribution >= 0.6 is 0 Å². The van der Waals surface area contributed by atoms with E-state index in [4.69, 9.17) is 4.74 Å². The van der Waals surface area contributed by atoms with Crippen LogP contribution in [0.25, 0.3) is 0 Å². The normalized spacial score (nSPS) is 21.8. The van der Waals surface area contributed by atoms with Crippen LogP contribution in [0.5, 0.6) is 5.75 Å². The van der Waals surface area contributed by atoms with E-state index in [0.717, 1.165) is 43.5 Å². The Labute approximate surface area is 115 Å². The lowest BCUT2D eigenvalue weighted by Gasteiger charge is -2.33. The fourth-order valence-electron chi connectivity index (χ4n) is 2.64. The molecule has 106 valence electrons. The van der Waals surface area contributed by atoms with Crippen LogP contribution in [0.15, 0.2) is 18.2 Å². The van der Waals surface area contributed by atoms with Crippen LogP contribution in [0.1, 0.15) is 57.6 Å². The number of fused-ring (bicyclic) bond motifs is 1. The summed E-state index contributed by atoms with van der Waals surface area (Å²) in [5, 5.41) is 3.55. The fraction of sp³-hybridized carbons (Fsp3) is 0.625. The molecule has 2 unspecified atom stereocenters. The highest BCUT2D eigenvalue weighted by Crippen LogP contribution is 2.36. The van der Waals surface area contributed by atoms with Crippen molar-refractivity contribution in [3.8, 4) is 5.75 Å². The number of unbranched alkanes of at least 4 members (excludes halogenated alkanes) is 1. The molecule has 2 atom stereocenters. The molecule has 0 aliphatic carbocycles. The number of benzene rings is 1. The van der Waals surface area contributed by atoms with Crippen molar-refractivity contribution in [3.63, 3.8) is 0 Å². The minimum Gasteiger partial charge on any atom is -0.490 e. The number of hydrogen-bond acceptors (Lipinski definition) is 2. The van der Waals surface area contributed by atoms with Gasteiger partial charge in [-0.3, -0.25) is 0 Å². The molecule has 1 aromatic rings. The van der Waals surface area contributed by atoms with Gasteiger partial charge in [-0.25, -0.2) is 4.39 Å². The van der Waals surface area contributed by atoms with E-state index in [1.807, 2.05) is 6.07 Å². The average molecular weight is 265 g/mol. The van der Waals surface area contributed by atoms with E-state index in [9.17, 15) is 4.39 Å². The molecule has 1 aromatic carbocycles. The minimum absolute atomic E-state index is 0.212. The fourth-order valence-corrected chi connectivity index (χ4v) is 2.64. The van der Waals surface area contributed by atoms with Gasteiger partial charge in [-0.15, -0.1) is 0 Å². The first-order valence-electron chi connectivity index (χ1n) is 7.44. The maximum atomic E-state index is 13.4. The maximum Gasteiger partial charge on any atom is 0.127 e. The number of rotatable bonds is 6. The molecule has 0 radical (unpaired) electrons. The van der Waals surface area contributed by atoms with Crippen LogP contribution in [0.3, 0.4) is 0 Å². The molecular formula is C16H24FNO. The number of halogens is 1. The second kappa shape index (κ2) is 6.90. The molecule has 0 saturated heterocycles. The third kappa shape index (κ3) is 3.69. The van der Waals surface area contributed by atoms with Gasteiger partial charge in [0, 0.05) is 24.1 Å². The van der Waals surface area contributed by atoms with Crippen molar-refractivity contribution in [2.75, 3.05) is 6.54 Å². The average Bonchev–Trinajstić information content (AvgIpc) is 2.42. The van der Waals surface area contributed by atoms with Gasteiger partial charge in [0.25, 0.3) is 0 Å². The molecule has 1 N–H and O–H groups in total. The minimum atomic E-state index is -0.218. The lowest BCUT2D eigenvalue weighted by Crippen LogP contribution is -2.33. The molecule has 1 aliphatic rings. The zero-order chi connectivity index (χ0) is 13.7. The van der Waals surface area contributed by atoms with Crippen molar-refractivity contribution >= 4 is 0 Å². The molecule has 0 fully saturated rings. The summed E-state index contributed by atoms with van der Waals surface area (Å²) in [6.07, 6.45) is 5.69. The Hall–Kier alpha value is -1.09. The van der Waals surface area contributed by atoms with Crippen LogP contribution in [0, 0.1) is 5.82 Å². The topological polar surface area (TPSA) is 21.3 Å². The molecule has 19 heavy (non-hydrogen) atoms. The van der Waals surface area contributed by atoms with Crippen molar-refractivity contribution in [1.82, 2.24) is 5.32 Å². The summed E-state index contributed by atoms with van der Waals surface area (Å²) in [7, 11) is 0. The Bertz CT molecular complexity index is 408. The Kier molecular flexibility index (Phi) is 5.20. The first-order chi connectivity index (χ1) is 9.24. The van der Waals surface area contributed by atoms with Gasteiger partial charge in [0.15, 0.2) is 0 Å². The monoisotopic (exact) mass is 265 g/mol. The second-order valence-corrected chi connectivity index (χ2v) is 5.31. The van der Waals surface area contributed by atoms with E-state index >= 15 is 0 Å². The molecule has 0 aromatic heterocycles. The van der Waals surface area contributed by atoms with Crippen LogP contribution in [-0.2, 0) is 0 Å². The van der Waals surface area contributed by atoms with Gasteiger partial charge in [-0.05, 0) is 25.5 Å². The highest BCUT2D eigenvalue weighted by Gasteiger charge is 2.27. The van der Waals surface area contributed by atoms with E-state index in [-0.39, 0.29) is 11.9 Å². The Morgan fingerprint density at radius 1 is 1.32 bits per heavy atom. The summed E-state index contributed by atoms with van der Waals surface area (Å²) in [5.74, 6) is 0.505. The molecule has 2 nitrogen and oxygen atoms in total. The standard InChI is InChI=1S/C16H24FNO/c1-3-5-6-13-11-15(18-9-4-2)14-8-7-12(17)10-16(14)19-13/h7-8,10,13,15,18H,3-6,9,11H2,1-2H3. The van der Waals surface area contributed by atoms with Crippen LogP contribution < -0.4 is 10.1 Å². The van der Waals surface area contributed by atoms with Gasteiger partial charge in [-0.1, -0.05) is 32.8 Å². The van der Waals surface area contributed by atoms with Gasteiger partial charge in [-0.2, -0.15) is 0 Å². The summed E-state index contributed by atoms with van der Waals surface area (Å²) >= 11 is 0. The Morgan fingerprint density at radius 2 is 2.16 bits per heavy atom. The van der Waals surface area contributed by atoms with Crippen molar-refractivity contribution in [2.24, 2.45) is 0 Å². The predicted octanol–water partition coefficient (Wildman–Crippen LogP) is 4.21. The van der Waals surface area contributed by atoms with Crippen LogP contribution in [0.2, 0.25) is 0 Å². The van der Waals surface area contributed by atoms with Gasteiger partial charge in [0.2, 0.25) is 0 Å². The molecule has 0 amide bonds. The van der Waals surface area contributed by atoms with Crippen LogP contribution in [-0.4, -0.2) is 12.6 Å². The van der Waals surface area contributed by atoms with Crippen LogP contribution in [0.4, 0.5) is 4.39 Å². The molecule has 1 aliphatic heterocycles. The Morgan fingerprint density at radius 3 is 2.89 bits per heavy atom. The van der Waals surface area contributed by atoms with Crippen molar-refractivity contribution in [2.45, 2.75) is 58.1 Å². The number of ether oxygens (including phenoxy) is 1. The predicted molar refractivity (Wildman–Crippen MR) is 76.0 cm³/mol. The van der Waals surface area contributed by atoms with E-state index in [1.54, 1.807) is 0 Å². The summed E-state index contributed by atoms with van der Waals surface area (Å²) in [6.45, 7) is 5.33. The van der Waals surface area contributed by atoms with Crippen molar-refractivity contribution in [3.05, 3.63) is 29.6 Å². The molecule has 2 rings (SSSR count). The lowest BCUT2D eigenvalue weighted by molar-refractivity contribution is 0.138. The quantitative estimate of drug-likeness (QED) is 0.832. The Balaban J connectivity index is 2.14. The summed E-state index contributed by atoms with van der Waals surface area (Å²) < 4.78 is 19.3. The molecule has 3 heteroatoms. The smallest absolute Gasteiger partial charge is 0.127 e. The highest BCUT2D eigenvalue weighted by molar-refractivity contribution is 5.38. The molecule has 0 bridgehead atoms. The summed E-state index contributed by atoms with van der Waals surface area (Å²) in [4.78, 5) is 0. The number of nitrogens with one attached hydrogen (secondary N) is 1. The summed E-state index contributed by atoms with van der Waals surface area (Å²) in [6, 6.07) is 5.20. The van der Waals surface area contributed by atoms with Gasteiger partial charge in [0.05, 0.1) is 0 Å². The zero-order valence-corrected chi connectivity index (χ0v) is 11.9. The van der Waals surface area contributed by atoms with Crippen molar-refractivity contribution in [1.29, 1.82) is 0 Å². The van der Waals surface area contributed by atoms with Crippen molar-refractivity contribution < 1.29 is 9.13 Å². The molecule has 1 heterocycles. The van der Waals surface area contributed by atoms with Gasteiger partial charge in [0.1, 0.15) is 17.7 Å². The first-order valence-corrected chi connectivity index (χ1v) is 7.44. The lowest BCUT2D eigenvalue weighted by atomic mass is 9.94. The van der Waals surface area contributed by atoms with E-state index in [2.05, 4.69) is 19.2 Å². The molecular weight excluding hydrogens is 241 g/mol. The molecule has 0 spiro atoms. The van der Waals surface area contributed by atoms with E-state index < -0.39 is 0 Å². The number of hydrogen-bond donors (Lipinski definition) is 1. The maximum absolute atomic E-state index is 13.4.